The second-order valence-corrected chi connectivity index (χ2v) is 5.97. The van der Waals surface area contributed by atoms with Crippen LogP contribution in [0, 0.1) is 22.0 Å². The van der Waals surface area contributed by atoms with E-state index in [0.29, 0.717) is 6.54 Å². The molecule has 112 valence electrons. The van der Waals surface area contributed by atoms with Crippen molar-refractivity contribution in [2.75, 3.05) is 25.0 Å². The Labute approximate surface area is 123 Å². The Hall–Kier alpha value is -1.95. The number of rotatable bonds is 4. The fourth-order valence-electron chi connectivity index (χ4n) is 3.59. The number of benzene rings is 1. The van der Waals surface area contributed by atoms with Crippen LogP contribution in [-0.4, -0.2) is 35.4 Å². The fourth-order valence-corrected chi connectivity index (χ4v) is 3.59. The summed E-state index contributed by atoms with van der Waals surface area (Å²) >= 11 is 0. The Morgan fingerprint density at radius 1 is 1.29 bits per heavy atom. The van der Waals surface area contributed by atoms with Crippen molar-refractivity contribution in [2.24, 2.45) is 11.8 Å². The average molecular weight is 289 g/mol. The Bertz CT molecular complexity index is 549. The molecule has 2 atom stereocenters. The average Bonchev–Trinajstić information content (AvgIpc) is 2.99. The number of carbonyl (C=O) groups excluding carboxylic acids is 1. The first-order chi connectivity index (χ1) is 10.1. The Kier molecular flexibility index (Phi) is 3.88. The van der Waals surface area contributed by atoms with Crippen molar-refractivity contribution in [3.63, 3.8) is 0 Å². The second-order valence-electron chi connectivity index (χ2n) is 5.97. The summed E-state index contributed by atoms with van der Waals surface area (Å²) in [7, 11) is 0. The van der Waals surface area contributed by atoms with Crippen molar-refractivity contribution in [1.82, 2.24) is 4.90 Å². The Morgan fingerprint density at radius 3 is 2.62 bits per heavy atom. The van der Waals surface area contributed by atoms with Crippen molar-refractivity contribution in [3.05, 3.63) is 34.4 Å². The lowest BCUT2D eigenvalue weighted by molar-refractivity contribution is -0.383. The topological polar surface area (TPSA) is 75.5 Å². The van der Waals surface area contributed by atoms with Gasteiger partial charge < -0.3 is 5.32 Å². The van der Waals surface area contributed by atoms with Gasteiger partial charge in [-0.2, -0.15) is 0 Å². The van der Waals surface area contributed by atoms with Gasteiger partial charge in [-0.15, -0.1) is 0 Å². The molecule has 0 bridgehead atoms. The molecule has 1 amide bonds. The maximum Gasteiger partial charge on any atom is 0.292 e. The third-order valence-electron chi connectivity index (χ3n) is 4.54. The van der Waals surface area contributed by atoms with E-state index in [1.807, 2.05) is 0 Å². The minimum atomic E-state index is -0.476. The fraction of sp³-hybridized carbons (Fsp3) is 0.533. The van der Waals surface area contributed by atoms with Crippen LogP contribution in [0.2, 0.25) is 0 Å². The van der Waals surface area contributed by atoms with Crippen LogP contribution >= 0.6 is 0 Å². The van der Waals surface area contributed by atoms with Crippen LogP contribution in [0.1, 0.15) is 19.3 Å². The van der Waals surface area contributed by atoms with Gasteiger partial charge in [0.15, 0.2) is 0 Å². The number of para-hydroxylation sites is 2. The molecule has 1 saturated heterocycles. The summed E-state index contributed by atoms with van der Waals surface area (Å²) < 4.78 is 0. The summed E-state index contributed by atoms with van der Waals surface area (Å²) in [5.74, 6) is 1.30. The number of nitro benzene ring substituents is 1. The summed E-state index contributed by atoms with van der Waals surface area (Å²) in [6.45, 7) is 2.28. The van der Waals surface area contributed by atoms with Gasteiger partial charge in [0.2, 0.25) is 5.91 Å². The van der Waals surface area contributed by atoms with E-state index >= 15 is 0 Å². The maximum absolute atomic E-state index is 12.1. The molecule has 2 fully saturated rings. The number of likely N-dealkylation sites (tertiary alicyclic amines) is 1. The van der Waals surface area contributed by atoms with Gasteiger partial charge in [-0.05, 0) is 30.7 Å². The molecule has 2 aliphatic rings. The Balaban J connectivity index is 1.59. The van der Waals surface area contributed by atoms with Gasteiger partial charge in [0.05, 0.1) is 11.5 Å². The van der Waals surface area contributed by atoms with Crippen molar-refractivity contribution < 1.29 is 9.72 Å². The van der Waals surface area contributed by atoms with Gasteiger partial charge in [-0.1, -0.05) is 18.6 Å². The van der Waals surface area contributed by atoms with Crippen molar-refractivity contribution >= 4 is 17.3 Å². The molecule has 3 rings (SSSR count). The molecule has 0 radical (unpaired) electrons. The summed E-state index contributed by atoms with van der Waals surface area (Å²) in [5.41, 5.74) is 0.205. The normalized spacial score (nSPS) is 24.8. The smallest absolute Gasteiger partial charge is 0.292 e. The largest absolute Gasteiger partial charge is 0.319 e. The minimum absolute atomic E-state index is 0.0656. The van der Waals surface area contributed by atoms with E-state index in [1.54, 1.807) is 18.2 Å². The van der Waals surface area contributed by atoms with Crippen LogP contribution in [0.15, 0.2) is 24.3 Å². The first-order valence-corrected chi connectivity index (χ1v) is 7.39. The highest BCUT2D eigenvalue weighted by Gasteiger charge is 2.36. The van der Waals surface area contributed by atoms with E-state index < -0.39 is 4.92 Å². The van der Waals surface area contributed by atoms with E-state index in [9.17, 15) is 14.9 Å². The molecule has 6 heteroatoms. The number of nitrogens with zero attached hydrogens (tertiary/aromatic N) is 2. The van der Waals surface area contributed by atoms with Gasteiger partial charge >= 0.3 is 0 Å². The van der Waals surface area contributed by atoms with Gasteiger partial charge in [0.25, 0.3) is 5.69 Å². The quantitative estimate of drug-likeness (QED) is 0.681. The lowest BCUT2D eigenvalue weighted by Gasteiger charge is -2.16. The molecule has 1 heterocycles. The van der Waals surface area contributed by atoms with Crippen LogP contribution in [0.4, 0.5) is 11.4 Å². The molecule has 6 nitrogen and oxygen atoms in total. The molecule has 2 unspecified atom stereocenters. The molecule has 0 spiro atoms. The summed E-state index contributed by atoms with van der Waals surface area (Å²) in [6, 6.07) is 6.24. The molecule has 21 heavy (non-hydrogen) atoms. The predicted octanol–water partition coefficient (Wildman–Crippen LogP) is 2.27. The van der Waals surface area contributed by atoms with Crippen molar-refractivity contribution in [1.29, 1.82) is 0 Å². The third-order valence-corrected chi connectivity index (χ3v) is 4.54. The number of amides is 1. The first kappa shape index (κ1) is 14.0. The number of carbonyl (C=O) groups is 1. The molecule has 0 aromatic heterocycles. The first-order valence-electron chi connectivity index (χ1n) is 7.39. The summed E-state index contributed by atoms with van der Waals surface area (Å²) in [5, 5.41) is 13.6. The SMILES string of the molecule is O=C(CN1CC2CCCC2C1)Nc1ccccc1[N+](=O)[O-]. The molecule has 1 saturated carbocycles. The molecule has 1 aromatic carbocycles. The van der Waals surface area contributed by atoms with Gasteiger partial charge in [-0.3, -0.25) is 19.8 Å². The number of fused-ring (bicyclic) bond motifs is 1. The highest BCUT2D eigenvalue weighted by molar-refractivity contribution is 5.94. The van der Waals surface area contributed by atoms with E-state index in [2.05, 4.69) is 10.2 Å². The van der Waals surface area contributed by atoms with Crippen LogP contribution < -0.4 is 5.32 Å². The maximum atomic E-state index is 12.1. The molecule has 1 aromatic rings. The zero-order valence-electron chi connectivity index (χ0n) is 11.8. The number of anilines is 1. The summed E-state index contributed by atoms with van der Waals surface area (Å²) in [6.07, 6.45) is 3.85. The minimum Gasteiger partial charge on any atom is -0.319 e. The molecule has 1 N–H and O–H groups in total. The van der Waals surface area contributed by atoms with Gasteiger partial charge in [0.1, 0.15) is 5.69 Å². The zero-order valence-corrected chi connectivity index (χ0v) is 11.8. The predicted molar refractivity (Wildman–Crippen MR) is 79.0 cm³/mol. The monoisotopic (exact) mass is 289 g/mol. The van der Waals surface area contributed by atoms with Crippen molar-refractivity contribution in [2.45, 2.75) is 19.3 Å². The summed E-state index contributed by atoms with van der Waals surface area (Å²) in [4.78, 5) is 24.7. The highest BCUT2D eigenvalue weighted by atomic mass is 16.6. The van der Waals surface area contributed by atoms with E-state index in [1.165, 1.54) is 25.3 Å². The van der Waals surface area contributed by atoms with E-state index in [-0.39, 0.29) is 17.3 Å². The molecular weight excluding hydrogens is 270 g/mol. The molecular formula is C15H19N3O3. The number of nitrogens with one attached hydrogen (secondary N) is 1. The number of hydrogen-bond acceptors (Lipinski definition) is 4. The van der Waals surface area contributed by atoms with Crippen LogP contribution in [0.25, 0.3) is 0 Å². The van der Waals surface area contributed by atoms with E-state index in [0.717, 1.165) is 24.9 Å². The molecule has 1 aliphatic carbocycles. The Morgan fingerprint density at radius 2 is 1.95 bits per heavy atom. The number of hydrogen-bond donors (Lipinski definition) is 1. The third kappa shape index (κ3) is 3.05. The number of nitro groups is 1. The zero-order chi connectivity index (χ0) is 14.8. The standard InChI is InChI=1S/C15H19N3O3/c19-15(10-17-8-11-4-3-5-12(11)9-17)16-13-6-1-2-7-14(13)18(20)21/h1-2,6-7,11-12H,3-5,8-10H2,(H,16,19). The van der Waals surface area contributed by atoms with Crippen LogP contribution in [0.3, 0.4) is 0 Å². The second kappa shape index (κ2) is 5.81. The van der Waals surface area contributed by atoms with Crippen LogP contribution in [-0.2, 0) is 4.79 Å². The van der Waals surface area contributed by atoms with Gasteiger partial charge in [-0.25, -0.2) is 0 Å². The lowest BCUT2D eigenvalue weighted by Crippen LogP contribution is -2.32. The van der Waals surface area contributed by atoms with Gasteiger partial charge in [0, 0.05) is 19.2 Å². The lowest BCUT2D eigenvalue weighted by atomic mass is 10.0. The molecule has 1 aliphatic heterocycles. The van der Waals surface area contributed by atoms with E-state index in [4.69, 9.17) is 0 Å². The highest BCUT2D eigenvalue weighted by Crippen LogP contribution is 2.37. The van der Waals surface area contributed by atoms with Crippen LogP contribution in [0.5, 0.6) is 0 Å². The van der Waals surface area contributed by atoms with Crippen molar-refractivity contribution in [3.8, 4) is 0 Å².